The molecule has 0 unspecified atom stereocenters. The maximum atomic E-state index is 11.8. The molecule has 2 aromatic rings. The van der Waals surface area contributed by atoms with E-state index < -0.39 is 0 Å². The number of hydrogen-bond donors (Lipinski definition) is 3. The first-order valence-electron chi connectivity index (χ1n) is 7.51. The van der Waals surface area contributed by atoms with E-state index in [-0.39, 0.29) is 24.3 Å². The number of hydrogen-bond acceptors (Lipinski definition) is 3. The van der Waals surface area contributed by atoms with Crippen molar-refractivity contribution in [3.8, 4) is 0 Å². The maximum Gasteiger partial charge on any atom is 0.251 e. The van der Waals surface area contributed by atoms with Crippen LogP contribution in [0.2, 0.25) is 0 Å². The fraction of sp³-hybridized carbons (Fsp3) is 0.167. The standard InChI is InChI=1S/C18H19N3O3/c1-19-17(23)15-9-7-13(8-10-15)11-20-16(22)12-21-18(24)14-5-3-2-4-6-14/h2-10H,11-12H2,1H3,(H,19,23)(H,20,22)(H,21,24). The summed E-state index contributed by atoms with van der Waals surface area (Å²) in [5.41, 5.74) is 1.93. The summed E-state index contributed by atoms with van der Waals surface area (Å²) in [4.78, 5) is 35.0. The van der Waals surface area contributed by atoms with E-state index in [0.29, 0.717) is 17.7 Å². The quantitative estimate of drug-likeness (QED) is 0.743. The van der Waals surface area contributed by atoms with Gasteiger partial charge >= 0.3 is 0 Å². The molecular formula is C18H19N3O3. The summed E-state index contributed by atoms with van der Waals surface area (Å²) in [5, 5.41) is 7.82. The van der Waals surface area contributed by atoms with Crippen molar-refractivity contribution in [1.82, 2.24) is 16.0 Å². The van der Waals surface area contributed by atoms with Crippen LogP contribution in [0.3, 0.4) is 0 Å². The Morgan fingerprint density at radius 3 is 2.04 bits per heavy atom. The Labute approximate surface area is 140 Å². The van der Waals surface area contributed by atoms with Crippen molar-refractivity contribution in [1.29, 1.82) is 0 Å². The van der Waals surface area contributed by atoms with Gasteiger partial charge in [-0.1, -0.05) is 30.3 Å². The van der Waals surface area contributed by atoms with Crippen LogP contribution < -0.4 is 16.0 Å². The highest BCUT2D eigenvalue weighted by Gasteiger charge is 2.07. The molecule has 6 nitrogen and oxygen atoms in total. The molecule has 2 rings (SSSR count). The molecule has 0 fully saturated rings. The Kier molecular flexibility index (Phi) is 6.08. The Hall–Kier alpha value is -3.15. The minimum absolute atomic E-state index is 0.0932. The molecule has 0 bridgehead atoms. The third-order valence-electron chi connectivity index (χ3n) is 3.38. The van der Waals surface area contributed by atoms with E-state index in [9.17, 15) is 14.4 Å². The second-order valence-corrected chi connectivity index (χ2v) is 5.10. The monoisotopic (exact) mass is 325 g/mol. The average molecular weight is 325 g/mol. The van der Waals surface area contributed by atoms with Gasteiger partial charge in [-0.05, 0) is 29.8 Å². The van der Waals surface area contributed by atoms with Crippen LogP contribution in [-0.2, 0) is 11.3 Å². The lowest BCUT2D eigenvalue weighted by Crippen LogP contribution is -2.36. The molecule has 3 amide bonds. The third kappa shape index (κ3) is 4.95. The van der Waals surface area contributed by atoms with Crippen LogP contribution >= 0.6 is 0 Å². The van der Waals surface area contributed by atoms with Crippen molar-refractivity contribution >= 4 is 17.7 Å². The van der Waals surface area contributed by atoms with Crippen molar-refractivity contribution in [3.05, 3.63) is 71.3 Å². The summed E-state index contributed by atoms with van der Waals surface area (Å²) in [5.74, 6) is -0.732. The van der Waals surface area contributed by atoms with E-state index >= 15 is 0 Å². The van der Waals surface area contributed by atoms with Gasteiger partial charge in [0.2, 0.25) is 5.91 Å². The maximum absolute atomic E-state index is 11.8. The molecule has 0 aliphatic carbocycles. The molecule has 0 aliphatic rings. The Morgan fingerprint density at radius 2 is 1.42 bits per heavy atom. The zero-order chi connectivity index (χ0) is 17.4. The summed E-state index contributed by atoms with van der Waals surface area (Å²) < 4.78 is 0. The predicted molar refractivity (Wildman–Crippen MR) is 90.5 cm³/mol. The van der Waals surface area contributed by atoms with Gasteiger partial charge in [0, 0.05) is 24.7 Å². The van der Waals surface area contributed by atoms with Gasteiger partial charge in [-0.2, -0.15) is 0 Å². The van der Waals surface area contributed by atoms with E-state index in [0.717, 1.165) is 5.56 Å². The first kappa shape index (κ1) is 17.2. The van der Waals surface area contributed by atoms with Gasteiger partial charge in [-0.25, -0.2) is 0 Å². The van der Waals surface area contributed by atoms with E-state index in [2.05, 4.69) is 16.0 Å². The highest BCUT2D eigenvalue weighted by Crippen LogP contribution is 2.04. The van der Waals surface area contributed by atoms with Crippen molar-refractivity contribution in [2.24, 2.45) is 0 Å². The molecule has 0 aromatic heterocycles. The lowest BCUT2D eigenvalue weighted by atomic mass is 10.1. The number of nitrogens with one attached hydrogen (secondary N) is 3. The molecule has 0 heterocycles. The molecule has 0 atom stereocenters. The van der Waals surface area contributed by atoms with Crippen molar-refractivity contribution in [3.63, 3.8) is 0 Å². The van der Waals surface area contributed by atoms with Crippen LogP contribution in [0.15, 0.2) is 54.6 Å². The summed E-state index contributed by atoms with van der Waals surface area (Å²) in [6.45, 7) is 0.234. The minimum atomic E-state index is -0.291. The average Bonchev–Trinajstić information content (AvgIpc) is 2.64. The zero-order valence-electron chi connectivity index (χ0n) is 13.3. The number of amides is 3. The van der Waals surface area contributed by atoms with Crippen LogP contribution in [-0.4, -0.2) is 31.3 Å². The smallest absolute Gasteiger partial charge is 0.251 e. The summed E-state index contributed by atoms with van der Waals surface area (Å²) in [7, 11) is 1.57. The normalized spacial score (nSPS) is 9.88. The van der Waals surface area contributed by atoms with E-state index in [4.69, 9.17) is 0 Å². The third-order valence-corrected chi connectivity index (χ3v) is 3.38. The van der Waals surface area contributed by atoms with Gasteiger partial charge < -0.3 is 16.0 Å². The van der Waals surface area contributed by atoms with Crippen LogP contribution in [0.25, 0.3) is 0 Å². The van der Waals surface area contributed by atoms with Crippen LogP contribution in [0.5, 0.6) is 0 Å². The lowest BCUT2D eigenvalue weighted by Gasteiger charge is -2.08. The van der Waals surface area contributed by atoms with Crippen molar-refractivity contribution < 1.29 is 14.4 Å². The summed E-state index contributed by atoms with van der Waals surface area (Å²) >= 11 is 0. The molecule has 2 aromatic carbocycles. The molecule has 0 aliphatic heterocycles. The van der Waals surface area contributed by atoms with Crippen LogP contribution in [0, 0.1) is 0 Å². The van der Waals surface area contributed by atoms with Crippen LogP contribution in [0.1, 0.15) is 26.3 Å². The Balaban J connectivity index is 1.77. The van der Waals surface area contributed by atoms with E-state index in [1.54, 1.807) is 55.6 Å². The SMILES string of the molecule is CNC(=O)c1ccc(CNC(=O)CNC(=O)c2ccccc2)cc1. The largest absolute Gasteiger partial charge is 0.355 e. The van der Waals surface area contributed by atoms with E-state index in [1.807, 2.05) is 6.07 Å². The second kappa shape index (κ2) is 8.47. The number of carbonyl (C=O) groups is 3. The van der Waals surface area contributed by atoms with Gasteiger partial charge in [-0.3, -0.25) is 14.4 Å². The fourth-order valence-electron chi connectivity index (χ4n) is 2.03. The first-order chi connectivity index (χ1) is 11.6. The molecule has 124 valence electrons. The van der Waals surface area contributed by atoms with Crippen LogP contribution in [0.4, 0.5) is 0 Å². The van der Waals surface area contributed by atoms with Gasteiger partial charge in [0.15, 0.2) is 0 Å². The minimum Gasteiger partial charge on any atom is -0.355 e. The summed E-state index contributed by atoms with van der Waals surface area (Å²) in [6.07, 6.45) is 0. The molecule has 6 heteroatoms. The zero-order valence-corrected chi connectivity index (χ0v) is 13.3. The van der Waals surface area contributed by atoms with Gasteiger partial charge in [0.1, 0.15) is 0 Å². The summed E-state index contributed by atoms with van der Waals surface area (Å²) in [6, 6.07) is 15.6. The molecule has 0 saturated carbocycles. The fourth-order valence-corrected chi connectivity index (χ4v) is 2.03. The highest BCUT2D eigenvalue weighted by atomic mass is 16.2. The molecule has 0 spiro atoms. The molecule has 0 radical (unpaired) electrons. The number of carbonyl (C=O) groups excluding carboxylic acids is 3. The number of benzene rings is 2. The van der Waals surface area contributed by atoms with Crippen molar-refractivity contribution in [2.75, 3.05) is 13.6 Å². The molecular weight excluding hydrogens is 306 g/mol. The first-order valence-corrected chi connectivity index (χ1v) is 7.51. The highest BCUT2D eigenvalue weighted by molar-refractivity contribution is 5.96. The van der Waals surface area contributed by atoms with E-state index in [1.165, 1.54) is 0 Å². The predicted octanol–water partition coefficient (Wildman–Crippen LogP) is 1.09. The Bertz CT molecular complexity index is 712. The topological polar surface area (TPSA) is 87.3 Å². The Morgan fingerprint density at radius 1 is 0.792 bits per heavy atom. The number of rotatable bonds is 6. The molecule has 0 saturated heterocycles. The lowest BCUT2D eigenvalue weighted by molar-refractivity contribution is -0.120. The van der Waals surface area contributed by atoms with Gasteiger partial charge in [-0.15, -0.1) is 0 Å². The molecule has 3 N–H and O–H groups in total. The van der Waals surface area contributed by atoms with Gasteiger partial charge in [0.05, 0.1) is 6.54 Å². The van der Waals surface area contributed by atoms with Crippen molar-refractivity contribution in [2.45, 2.75) is 6.54 Å². The van der Waals surface area contributed by atoms with Gasteiger partial charge in [0.25, 0.3) is 11.8 Å². The molecule has 24 heavy (non-hydrogen) atoms. The second-order valence-electron chi connectivity index (χ2n) is 5.10.